The molecule has 4 rings (SSSR count). The summed E-state index contributed by atoms with van der Waals surface area (Å²) in [5, 5.41) is 15.1. The minimum atomic E-state index is -1.48. The molecule has 3 fully saturated rings. The van der Waals surface area contributed by atoms with Crippen molar-refractivity contribution >= 4 is 11.9 Å². The van der Waals surface area contributed by atoms with E-state index >= 15 is 0 Å². The average molecular weight is 608 g/mol. The predicted octanol–water partition coefficient (Wildman–Crippen LogP) is 2.94. The number of hydrogen-bond donors (Lipinski definition) is 1. The lowest BCUT2D eigenvalue weighted by Crippen LogP contribution is -2.65. The van der Waals surface area contributed by atoms with Crippen LogP contribution < -0.4 is 0 Å². The maximum absolute atomic E-state index is 13.3. The van der Waals surface area contributed by atoms with Crippen LogP contribution in [0.4, 0.5) is 0 Å². The van der Waals surface area contributed by atoms with Crippen LogP contribution in [0.15, 0.2) is 35.4 Å². The minimum absolute atomic E-state index is 0.0325. The number of unbranched alkanes of at least 4 members (excludes halogenated alkanes) is 2. The summed E-state index contributed by atoms with van der Waals surface area (Å²) in [4.78, 5) is 28.3. The number of ether oxygens (including phenoxy) is 8. The van der Waals surface area contributed by atoms with Gasteiger partial charge in [-0.05, 0) is 23.9 Å². The Morgan fingerprint density at radius 2 is 1.72 bits per heavy atom. The first-order valence-corrected chi connectivity index (χ1v) is 14.8. The van der Waals surface area contributed by atoms with E-state index in [9.17, 15) is 20.2 Å². The van der Waals surface area contributed by atoms with Crippen LogP contribution in [0.3, 0.4) is 0 Å². The van der Waals surface area contributed by atoms with Crippen molar-refractivity contribution in [3.8, 4) is 0 Å². The topological polar surface area (TPSA) is 177 Å². The minimum Gasteiger partial charge on any atom is -0.459 e. The standard InChI is InChI=1S/C29H41N3O11/c1-4-6-13-36-24-21(34)25(27(35)38-15-18-11-9-8-10-12-18)43-29(26(24)37-14-7-5-2)42-22-19-16-39-28(41-19)20(31-32-30)23(22)40-17(3)33/h8-12,19-26,28-29,34H,4-7,13-16H2,1-3H3/t19?,20-,21-,22+,23?,24?,25+,26?,28+,29+/m0/s1. The molecule has 2 bridgehead atoms. The Labute approximate surface area is 250 Å². The van der Waals surface area contributed by atoms with Gasteiger partial charge in [-0.1, -0.05) is 62.1 Å². The highest BCUT2D eigenvalue weighted by molar-refractivity contribution is 5.75. The molecule has 0 aromatic heterocycles. The van der Waals surface area contributed by atoms with Crippen LogP contribution in [0.5, 0.6) is 0 Å². The molecule has 0 amide bonds. The Morgan fingerprint density at radius 3 is 2.37 bits per heavy atom. The summed E-state index contributed by atoms with van der Waals surface area (Å²) >= 11 is 0. The third-order valence-electron chi connectivity index (χ3n) is 7.41. The van der Waals surface area contributed by atoms with E-state index in [2.05, 4.69) is 10.0 Å². The highest BCUT2D eigenvalue weighted by atomic mass is 16.8. The zero-order valence-corrected chi connectivity index (χ0v) is 24.7. The molecule has 3 aliphatic heterocycles. The van der Waals surface area contributed by atoms with Crippen LogP contribution in [0.25, 0.3) is 10.4 Å². The average Bonchev–Trinajstić information content (AvgIpc) is 3.44. The molecule has 3 heterocycles. The second-order valence-corrected chi connectivity index (χ2v) is 10.6. The van der Waals surface area contributed by atoms with Crippen LogP contribution in [-0.4, -0.2) is 98.2 Å². The Morgan fingerprint density at radius 1 is 1.02 bits per heavy atom. The highest BCUT2D eigenvalue weighted by Crippen LogP contribution is 2.37. The van der Waals surface area contributed by atoms with Crippen LogP contribution >= 0.6 is 0 Å². The first kappa shape index (κ1) is 33.1. The number of carbonyl (C=O) groups excluding carboxylic acids is 2. The first-order valence-electron chi connectivity index (χ1n) is 14.8. The predicted molar refractivity (Wildman–Crippen MR) is 148 cm³/mol. The molecule has 4 unspecified atom stereocenters. The van der Waals surface area contributed by atoms with Crippen molar-refractivity contribution in [3.63, 3.8) is 0 Å². The molecule has 238 valence electrons. The Balaban J connectivity index is 1.62. The Bertz CT molecular complexity index is 1090. The second kappa shape index (κ2) is 16.3. The van der Waals surface area contributed by atoms with E-state index in [0.29, 0.717) is 26.1 Å². The van der Waals surface area contributed by atoms with Crippen LogP contribution in [-0.2, 0) is 54.1 Å². The van der Waals surface area contributed by atoms with Gasteiger partial charge in [0, 0.05) is 25.0 Å². The largest absolute Gasteiger partial charge is 0.459 e. The molecule has 1 aromatic carbocycles. The Kier molecular flexibility index (Phi) is 12.6. The van der Waals surface area contributed by atoms with E-state index in [1.807, 2.05) is 32.0 Å². The second-order valence-electron chi connectivity index (χ2n) is 10.6. The normalized spacial score (nSPS) is 33.4. The molecule has 0 spiro atoms. The van der Waals surface area contributed by atoms with Crippen molar-refractivity contribution in [2.45, 2.75) is 114 Å². The lowest BCUT2D eigenvalue weighted by molar-refractivity contribution is -0.336. The molecular weight excluding hydrogens is 566 g/mol. The number of esters is 2. The fourth-order valence-corrected chi connectivity index (χ4v) is 5.21. The number of aliphatic hydroxyl groups is 1. The van der Waals surface area contributed by atoms with E-state index in [0.717, 1.165) is 18.4 Å². The summed E-state index contributed by atoms with van der Waals surface area (Å²) in [6.07, 6.45) is -6.87. The molecule has 3 saturated heterocycles. The smallest absolute Gasteiger partial charge is 0.338 e. The monoisotopic (exact) mass is 607 g/mol. The Hall–Kier alpha value is -2.81. The van der Waals surface area contributed by atoms with Gasteiger partial charge in [0.2, 0.25) is 0 Å². The number of carbonyl (C=O) groups is 2. The third-order valence-corrected chi connectivity index (χ3v) is 7.41. The van der Waals surface area contributed by atoms with Gasteiger partial charge >= 0.3 is 11.9 Å². The molecule has 1 N–H and O–H groups in total. The molecule has 1 aromatic rings. The molecular formula is C29H41N3O11. The van der Waals surface area contributed by atoms with Crippen molar-refractivity contribution in [1.82, 2.24) is 0 Å². The van der Waals surface area contributed by atoms with Gasteiger partial charge < -0.3 is 43.0 Å². The molecule has 43 heavy (non-hydrogen) atoms. The lowest BCUT2D eigenvalue weighted by Gasteiger charge is -2.46. The number of nitrogens with zero attached hydrogens (tertiary/aromatic N) is 3. The summed E-state index contributed by atoms with van der Waals surface area (Å²) in [6.45, 7) is 5.87. The van der Waals surface area contributed by atoms with Gasteiger partial charge in [0.25, 0.3) is 0 Å². The van der Waals surface area contributed by atoms with E-state index in [1.165, 1.54) is 6.92 Å². The zero-order chi connectivity index (χ0) is 30.8. The maximum atomic E-state index is 13.3. The van der Waals surface area contributed by atoms with Crippen LogP contribution in [0.2, 0.25) is 0 Å². The fraction of sp³-hybridized carbons (Fsp3) is 0.724. The zero-order valence-electron chi connectivity index (χ0n) is 24.7. The van der Waals surface area contributed by atoms with E-state index in [1.54, 1.807) is 12.1 Å². The molecule has 0 saturated carbocycles. The number of fused-ring (bicyclic) bond motifs is 2. The molecule has 0 radical (unpaired) electrons. The summed E-state index contributed by atoms with van der Waals surface area (Å²) < 4.78 is 47.4. The SMILES string of the molecule is CCCCOC1C(OCCCC)[C@H](O)[C@H](C(=O)OCc2ccccc2)O[C@H]1O[C@@H]1C2CO[C@H](O2)[C@@H](N=[N+]=[N-])C1OC(C)=O. The highest BCUT2D eigenvalue weighted by Gasteiger charge is 2.57. The van der Waals surface area contributed by atoms with Gasteiger partial charge in [0.1, 0.15) is 49.3 Å². The van der Waals surface area contributed by atoms with Crippen LogP contribution in [0.1, 0.15) is 52.0 Å². The van der Waals surface area contributed by atoms with Crippen molar-refractivity contribution < 1.29 is 52.6 Å². The molecule has 0 aliphatic carbocycles. The number of hydrogen-bond acceptors (Lipinski definition) is 12. The maximum Gasteiger partial charge on any atom is 0.338 e. The third kappa shape index (κ3) is 8.43. The summed E-state index contributed by atoms with van der Waals surface area (Å²) in [7, 11) is 0. The van der Waals surface area contributed by atoms with Crippen molar-refractivity contribution in [3.05, 3.63) is 46.3 Å². The van der Waals surface area contributed by atoms with Gasteiger partial charge in [0.05, 0.1) is 6.61 Å². The first-order chi connectivity index (χ1) is 20.9. The molecule has 14 nitrogen and oxygen atoms in total. The summed E-state index contributed by atoms with van der Waals surface area (Å²) in [5.41, 5.74) is 9.95. The number of rotatable bonds is 15. The molecule has 14 heteroatoms. The van der Waals surface area contributed by atoms with Gasteiger partial charge in [-0.3, -0.25) is 4.79 Å². The quantitative estimate of drug-likeness (QED) is 0.102. The number of benzene rings is 1. The summed E-state index contributed by atoms with van der Waals surface area (Å²) in [6, 6.07) is 8.06. The van der Waals surface area contributed by atoms with Gasteiger partial charge in [0.15, 0.2) is 18.7 Å². The van der Waals surface area contributed by atoms with Gasteiger partial charge in [-0.15, -0.1) is 0 Å². The van der Waals surface area contributed by atoms with E-state index in [-0.39, 0.29) is 13.2 Å². The van der Waals surface area contributed by atoms with Gasteiger partial charge in [-0.2, -0.15) is 0 Å². The fourth-order valence-electron chi connectivity index (χ4n) is 5.21. The summed E-state index contributed by atoms with van der Waals surface area (Å²) in [5.74, 6) is -1.44. The van der Waals surface area contributed by atoms with Crippen LogP contribution in [0, 0.1) is 0 Å². The number of aliphatic hydroxyl groups excluding tert-OH is 1. The van der Waals surface area contributed by atoms with Crippen molar-refractivity contribution in [1.29, 1.82) is 0 Å². The number of azide groups is 1. The molecule has 3 aliphatic rings. The van der Waals surface area contributed by atoms with E-state index < -0.39 is 73.3 Å². The van der Waals surface area contributed by atoms with Crippen molar-refractivity contribution in [2.75, 3.05) is 19.8 Å². The molecule has 10 atom stereocenters. The lowest BCUT2D eigenvalue weighted by atomic mass is 9.96. The van der Waals surface area contributed by atoms with Crippen molar-refractivity contribution in [2.24, 2.45) is 5.11 Å². The van der Waals surface area contributed by atoms with Gasteiger partial charge in [-0.25, -0.2) is 4.79 Å². The van der Waals surface area contributed by atoms with E-state index in [4.69, 9.17) is 37.9 Å².